The molecule has 3 nitrogen and oxygen atoms in total. The molecule has 0 saturated carbocycles. The van der Waals surface area contributed by atoms with Crippen LogP contribution < -0.4 is 4.73 Å². The molecule has 0 fully saturated rings. The maximum Gasteiger partial charge on any atom is 0.252 e. The molecular formula is C19H15NO2S. The number of carbonyl (C=O) groups is 1. The van der Waals surface area contributed by atoms with E-state index in [9.17, 15) is 10.0 Å². The second-order valence-corrected chi connectivity index (χ2v) is 6.13. The molecule has 0 amide bonds. The number of ketones is 1. The van der Waals surface area contributed by atoms with Gasteiger partial charge in [0.05, 0.1) is 0 Å². The Morgan fingerprint density at radius 3 is 2.13 bits per heavy atom. The van der Waals surface area contributed by atoms with Crippen LogP contribution in [0.2, 0.25) is 0 Å². The van der Waals surface area contributed by atoms with Crippen LogP contribution in [-0.2, 0) is 0 Å². The van der Waals surface area contributed by atoms with Crippen molar-refractivity contribution in [2.75, 3.05) is 0 Å². The molecule has 0 unspecified atom stereocenters. The van der Waals surface area contributed by atoms with Crippen molar-refractivity contribution in [2.24, 2.45) is 0 Å². The van der Waals surface area contributed by atoms with Gasteiger partial charge in [0.15, 0.2) is 12.0 Å². The molecule has 0 aliphatic heterocycles. The van der Waals surface area contributed by atoms with E-state index in [1.54, 1.807) is 30.3 Å². The molecule has 0 aliphatic carbocycles. The van der Waals surface area contributed by atoms with E-state index in [1.807, 2.05) is 48.5 Å². The van der Waals surface area contributed by atoms with Gasteiger partial charge >= 0.3 is 0 Å². The Hall–Kier alpha value is -2.59. The predicted octanol–water partition coefficient (Wildman–Crippen LogP) is 4.04. The van der Waals surface area contributed by atoms with E-state index in [-0.39, 0.29) is 5.78 Å². The normalized spacial score (nSPS) is 11.8. The highest BCUT2D eigenvalue weighted by molar-refractivity contribution is 8.00. The number of carbonyl (C=O) groups excluding carboxylic acids is 1. The van der Waals surface area contributed by atoms with E-state index >= 15 is 0 Å². The number of nitrogens with zero attached hydrogens (tertiary/aromatic N) is 1. The Labute approximate surface area is 139 Å². The zero-order valence-electron chi connectivity index (χ0n) is 12.3. The molecule has 23 heavy (non-hydrogen) atoms. The summed E-state index contributed by atoms with van der Waals surface area (Å²) in [6, 6.07) is 23.9. The summed E-state index contributed by atoms with van der Waals surface area (Å²) in [5.41, 5.74) is 1.53. The fraction of sp³-hybridized carbons (Fsp3) is 0.0526. The zero-order chi connectivity index (χ0) is 16.1. The SMILES string of the molecule is O=C(c1ccccc1)[C@@H](Sc1cccc[n+]1[O-])c1ccccc1. The van der Waals surface area contributed by atoms with Crippen LogP contribution in [0.15, 0.2) is 90.1 Å². The fourth-order valence-corrected chi connectivity index (χ4v) is 3.38. The molecule has 1 atom stereocenters. The number of aromatic nitrogens is 1. The van der Waals surface area contributed by atoms with Crippen LogP contribution in [0.3, 0.4) is 0 Å². The maximum atomic E-state index is 12.9. The smallest absolute Gasteiger partial charge is 0.252 e. The Bertz CT molecular complexity index is 791. The second kappa shape index (κ2) is 7.11. The topological polar surface area (TPSA) is 44.0 Å². The Morgan fingerprint density at radius 1 is 0.870 bits per heavy atom. The minimum atomic E-state index is -0.457. The monoisotopic (exact) mass is 321 g/mol. The maximum absolute atomic E-state index is 12.9. The summed E-state index contributed by atoms with van der Waals surface area (Å²) in [5.74, 6) is -0.00865. The zero-order valence-corrected chi connectivity index (χ0v) is 13.1. The summed E-state index contributed by atoms with van der Waals surface area (Å²) in [4.78, 5) is 12.9. The highest BCUT2D eigenvalue weighted by atomic mass is 32.2. The van der Waals surface area contributed by atoms with Gasteiger partial charge in [-0.1, -0.05) is 60.7 Å². The lowest BCUT2D eigenvalue weighted by atomic mass is 10.0. The quantitative estimate of drug-likeness (QED) is 0.308. The molecule has 4 heteroatoms. The average Bonchev–Trinajstić information content (AvgIpc) is 2.62. The van der Waals surface area contributed by atoms with Gasteiger partial charge in [-0.05, 0) is 23.4 Å². The van der Waals surface area contributed by atoms with E-state index in [2.05, 4.69) is 0 Å². The number of benzene rings is 2. The lowest BCUT2D eigenvalue weighted by Gasteiger charge is -2.15. The van der Waals surface area contributed by atoms with E-state index in [0.717, 1.165) is 10.3 Å². The van der Waals surface area contributed by atoms with E-state index in [4.69, 9.17) is 0 Å². The third kappa shape index (κ3) is 3.60. The molecule has 3 rings (SSSR count). The number of rotatable bonds is 5. The minimum absolute atomic E-state index is 0.00865. The van der Waals surface area contributed by atoms with Crippen LogP contribution in [-0.4, -0.2) is 5.78 Å². The summed E-state index contributed by atoms with van der Waals surface area (Å²) in [5, 5.41) is 12.0. The summed E-state index contributed by atoms with van der Waals surface area (Å²) in [6.45, 7) is 0. The van der Waals surface area contributed by atoms with E-state index in [0.29, 0.717) is 10.6 Å². The van der Waals surface area contributed by atoms with Gasteiger partial charge in [0.25, 0.3) is 5.03 Å². The second-order valence-electron chi connectivity index (χ2n) is 5.00. The summed E-state index contributed by atoms with van der Waals surface area (Å²) in [6.07, 6.45) is 1.44. The minimum Gasteiger partial charge on any atom is -0.618 e. The third-order valence-corrected chi connectivity index (χ3v) is 4.71. The third-order valence-electron chi connectivity index (χ3n) is 3.43. The number of hydrogen-bond acceptors (Lipinski definition) is 3. The summed E-state index contributed by atoms with van der Waals surface area (Å²) >= 11 is 1.27. The molecular weight excluding hydrogens is 306 g/mol. The first-order valence-corrected chi connectivity index (χ1v) is 8.13. The van der Waals surface area contributed by atoms with Crippen molar-refractivity contribution in [3.05, 3.63) is 101 Å². The first-order valence-electron chi connectivity index (χ1n) is 7.25. The fourth-order valence-electron chi connectivity index (χ4n) is 2.28. The Kier molecular flexibility index (Phi) is 4.74. The van der Waals surface area contributed by atoms with Crippen molar-refractivity contribution < 1.29 is 9.52 Å². The van der Waals surface area contributed by atoms with Crippen LogP contribution in [0.1, 0.15) is 21.2 Å². The Morgan fingerprint density at radius 2 is 1.48 bits per heavy atom. The molecule has 0 saturated heterocycles. The number of hydrogen-bond donors (Lipinski definition) is 0. The summed E-state index contributed by atoms with van der Waals surface area (Å²) < 4.78 is 0.791. The van der Waals surface area contributed by atoms with Gasteiger partial charge < -0.3 is 5.21 Å². The van der Waals surface area contributed by atoms with Crippen molar-refractivity contribution in [3.63, 3.8) is 0 Å². The van der Waals surface area contributed by atoms with Gasteiger partial charge in [-0.25, -0.2) is 0 Å². The molecule has 0 N–H and O–H groups in total. The van der Waals surface area contributed by atoms with Crippen LogP contribution in [0, 0.1) is 5.21 Å². The van der Waals surface area contributed by atoms with Gasteiger partial charge in [0, 0.05) is 17.7 Å². The lowest BCUT2D eigenvalue weighted by Crippen LogP contribution is -2.28. The van der Waals surface area contributed by atoms with Gasteiger partial charge in [-0.15, -0.1) is 0 Å². The molecule has 0 radical (unpaired) electrons. The van der Waals surface area contributed by atoms with Gasteiger partial charge in [-0.3, -0.25) is 4.79 Å². The standard InChI is InChI=1S/C19H15NO2S/c21-18(15-9-3-1-4-10-15)19(16-11-5-2-6-12-16)23-17-13-7-8-14-20(17)22/h1-14,19H/t19-/m0/s1. The van der Waals surface area contributed by atoms with Crippen LogP contribution in [0.5, 0.6) is 0 Å². The van der Waals surface area contributed by atoms with Crippen molar-refractivity contribution in [1.82, 2.24) is 0 Å². The lowest BCUT2D eigenvalue weighted by molar-refractivity contribution is -0.645. The molecule has 0 aliphatic rings. The number of thioether (sulfide) groups is 1. The predicted molar refractivity (Wildman–Crippen MR) is 91.2 cm³/mol. The van der Waals surface area contributed by atoms with Gasteiger partial charge in [0.1, 0.15) is 5.25 Å². The first-order chi connectivity index (χ1) is 11.3. The van der Waals surface area contributed by atoms with Crippen molar-refractivity contribution in [1.29, 1.82) is 0 Å². The molecule has 1 aromatic heterocycles. The highest BCUT2D eigenvalue weighted by Gasteiger charge is 2.26. The van der Waals surface area contributed by atoms with E-state index < -0.39 is 5.25 Å². The first kappa shape index (κ1) is 15.3. The van der Waals surface area contributed by atoms with Crippen LogP contribution in [0.25, 0.3) is 0 Å². The number of pyridine rings is 1. The molecule has 114 valence electrons. The molecule has 2 aromatic carbocycles. The summed E-state index contributed by atoms with van der Waals surface area (Å²) in [7, 11) is 0. The van der Waals surface area contributed by atoms with Crippen LogP contribution in [0.4, 0.5) is 0 Å². The van der Waals surface area contributed by atoms with Gasteiger partial charge in [-0.2, -0.15) is 4.73 Å². The van der Waals surface area contributed by atoms with E-state index in [1.165, 1.54) is 18.0 Å². The average molecular weight is 321 g/mol. The molecule has 3 aromatic rings. The largest absolute Gasteiger partial charge is 0.618 e. The van der Waals surface area contributed by atoms with Crippen LogP contribution >= 0.6 is 11.8 Å². The molecule has 1 heterocycles. The van der Waals surface area contributed by atoms with Crippen molar-refractivity contribution in [3.8, 4) is 0 Å². The molecule has 0 spiro atoms. The Balaban J connectivity index is 1.98. The van der Waals surface area contributed by atoms with Gasteiger partial charge in [0.2, 0.25) is 0 Å². The highest BCUT2D eigenvalue weighted by Crippen LogP contribution is 2.36. The molecule has 0 bridgehead atoms. The van der Waals surface area contributed by atoms with Crippen molar-refractivity contribution in [2.45, 2.75) is 10.3 Å². The number of Topliss-reactive ketones (excluding diaryl/α,β-unsaturated/α-hetero) is 1. The van der Waals surface area contributed by atoms with Crippen molar-refractivity contribution >= 4 is 17.5 Å².